The molecule has 136 valence electrons. The molecule has 1 amide bonds. The van der Waals surface area contributed by atoms with Crippen molar-refractivity contribution in [3.05, 3.63) is 33.2 Å². The lowest BCUT2D eigenvalue weighted by atomic mass is 10.3. The molecule has 0 aromatic carbocycles. The smallest absolute Gasteiger partial charge is 0.329 e. The third kappa shape index (κ3) is 2.31. The second kappa shape index (κ2) is 5.58. The van der Waals surface area contributed by atoms with E-state index in [1.54, 1.807) is 52.6 Å². The number of carbonyl (C=O) groups is 1. The Balaban J connectivity index is 1.69. The van der Waals surface area contributed by atoms with Crippen molar-refractivity contribution in [2.75, 3.05) is 29.4 Å². The van der Waals surface area contributed by atoms with Crippen LogP contribution in [-0.2, 0) is 25.9 Å². The molecule has 0 saturated carbocycles. The number of hydrogen-bond donors (Lipinski definition) is 1. The summed E-state index contributed by atoms with van der Waals surface area (Å²) in [5, 5.41) is 4.10. The van der Waals surface area contributed by atoms with Crippen LogP contribution in [0, 0.1) is 0 Å². The molecule has 0 aliphatic carbocycles. The summed E-state index contributed by atoms with van der Waals surface area (Å²) in [6.45, 7) is 1.14. The first kappa shape index (κ1) is 16.1. The van der Waals surface area contributed by atoms with Crippen LogP contribution in [0.4, 0.5) is 11.6 Å². The Labute approximate surface area is 147 Å². The zero-order valence-corrected chi connectivity index (χ0v) is 14.6. The number of piperazine rings is 1. The molecule has 1 saturated heterocycles. The number of H-pyrrole nitrogens is 1. The molecule has 26 heavy (non-hydrogen) atoms. The molecule has 4 heterocycles. The van der Waals surface area contributed by atoms with Crippen LogP contribution < -0.4 is 21.0 Å². The van der Waals surface area contributed by atoms with E-state index in [2.05, 4.69) is 15.1 Å². The first-order chi connectivity index (χ1) is 12.4. The number of fused-ring (bicyclic) bond motifs is 1. The quantitative estimate of drug-likeness (QED) is 0.599. The summed E-state index contributed by atoms with van der Waals surface area (Å²) in [5.41, 5.74) is 0.318. The van der Waals surface area contributed by atoms with Gasteiger partial charge in [-0.2, -0.15) is 10.1 Å². The van der Waals surface area contributed by atoms with Crippen LogP contribution in [0.25, 0.3) is 11.2 Å². The number of aryl methyl sites for hydroxylation is 3. The topological polar surface area (TPSA) is 114 Å². The van der Waals surface area contributed by atoms with Crippen molar-refractivity contribution < 1.29 is 4.79 Å². The van der Waals surface area contributed by atoms with Gasteiger partial charge in [0.25, 0.3) is 5.56 Å². The molecule has 0 bridgehead atoms. The summed E-state index contributed by atoms with van der Waals surface area (Å²) >= 11 is 0. The molecule has 3 aromatic rings. The monoisotopic (exact) mass is 358 g/mol. The summed E-state index contributed by atoms with van der Waals surface area (Å²) in [6.07, 6.45) is 3.44. The minimum atomic E-state index is -0.523. The third-order valence-electron chi connectivity index (χ3n) is 4.62. The number of aromatic amines is 1. The average Bonchev–Trinajstić information content (AvgIpc) is 3.16. The van der Waals surface area contributed by atoms with Crippen LogP contribution >= 0.6 is 0 Å². The molecule has 1 aliphatic rings. The van der Waals surface area contributed by atoms with E-state index < -0.39 is 11.2 Å². The Kier molecular flexibility index (Phi) is 3.46. The number of amides is 1. The van der Waals surface area contributed by atoms with Gasteiger partial charge in [-0.3, -0.25) is 23.8 Å². The number of nitrogens with one attached hydrogen (secondary N) is 1. The lowest BCUT2D eigenvalue weighted by molar-refractivity contribution is -0.117. The van der Waals surface area contributed by atoms with Crippen LogP contribution in [0.2, 0.25) is 0 Å². The highest BCUT2D eigenvalue weighted by Gasteiger charge is 2.29. The first-order valence-electron chi connectivity index (χ1n) is 8.06. The number of aromatic nitrogens is 6. The van der Waals surface area contributed by atoms with Gasteiger partial charge in [0.05, 0.1) is 11.9 Å². The fourth-order valence-electron chi connectivity index (χ4n) is 3.24. The van der Waals surface area contributed by atoms with E-state index in [9.17, 15) is 14.4 Å². The normalized spacial score (nSPS) is 15.3. The summed E-state index contributed by atoms with van der Waals surface area (Å²) < 4.78 is 4.54. The van der Waals surface area contributed by atoms with Gasteiger partial charge in [0.1, 0.15) is 6.54 Å². The number of anilines is 2. The van der Waals surface area contributed by atoms with Crippen molar-refractivity contribution in [2.45, 2.75) is 0 Å². The minimum absolute atomic E-state index is 0.0842. The van der Waals surface area contributed by atoms with Crippen molar-refractivity contribution in [3.63, 3.8) is 0 Å². The Morgan fingerprint density at radius 2 is 1.85 bits per heavy atom. The van der Waals surface area contributed by atoms with Crippen molar-refractivity contribution in [1.29, 1.82) is 0 Å². The maximum Gasteiger partial charge on any atom is 0.329 e. The fraction of sp³-hybridized carbons (Fsp3) is 0.400. The van der Waals surface area contributed by atoms with Crippen LogP contribution in [0.5, 0.6) is 0 Å². The average molecular weight is 358 g/mol. The number of carbonyl (C=O) groups excluding carboxylic acids is 1. The molecule has 0 atom stereocenters. The lowest BCUT2D eigenvalue weighted by Crippen LogP contribution is -2.51. The molecule has 4 rings (SSSR count). The first-order valence-corrected chi connectivity index (χ1v) is 8.06. The highest BCUT2D eigenvalue weighted by Crippen LogP contribution is 2.22. The predicted octanol–water partition coefficient (Wildman–Crippen LogP) is -1.45. The van der Waals surface area contributed by atoms with Gasteiger partial charge in [-0.15, -0.1) is 0 Å². The summed E-state index contributed by atoms with van der Waals surface area (Å²) in [7, 11) is 5.04. The van der Waals surface area contributed by atoms with Gasteiger partial charge in [0, 0.05) is 40.4 Å². The van der Waals surface area contributed by atoms with Gasteiger partial charge in [-0.25, -0.2) is 4.79 Å². The molecule has 3 aromatic heterocycles. The molecular weight excluding hydrogens is 340 g/mol. The molecule has 0 unspecified atom stereocenters. The Hall–Kier alpha value is -3.37. The van der Waals surface area contributed by atoms with Gasteiger partial charge < -0.3 is 14.4 Å². The highest BCUT2D eigenvalue weighted by molar-refractivity contribution is 5.97. The van der Waals surface area contributed by atoms with Gasteiger partial charge in [-0.1, -0.05) is 0 Å². The van der Waals surface area contributed by atoms with E-state index in [0.717, 1.165) is 5.69 Å². The SMILES string of the molecule is Cn1cc(N2CCN(c3nc4c(c(=O)[nH]c(=O)n4C)n3C)CC2=O)cn1. The largest absolute Gasteiger partial charge is 0.331 e. The van der Waals surface area contributed by atoms with Gasteiger partial charge in [0.2, 0.25) is 11.9 Å². The fourth-order valence-corrected chi connectivity index (χ4v) is 3.24. The van der Waals surface area contributed by atoms with E-state index in [4.69, 9.17) is 0 Å². The zero-order valence-electron chi connectivity index (χ0n) is 14.6. The lowest BCUT2D eigenvalue weighted by Gasteiger charge is -2.33. The maximum atomic E-state index is 12.6. The zero-order chi connectivity index (χ0) is 18.6. The number of hydrogen-bond acceptors (Lipinski definition) is 6. The molecular formula is C15H18N8O3. The van der Waals surface area contributed by atoms with Crippen LogP contribution in [0.1, 0.15) is 0 Å². The van der Waals surface area contributed by atoms with Gasteiger partial charge in [-0.05, 0) is 0 Å². The molecule has 1 fully saturated rings. The van der Waals surface area contributed by atoms with Gasteiger partial charge in [0.15, 0.2) is 11.2 Å². The second-order valence-electron chi connectivity index (χ2n) is 6.30. The van der Waals surface area contributed by atoms with E-state index in [1.807, 2.05) is 0 Å². The highest BCUT2D eigenvalue weighted by atomic mass is 16.2. The number of nitrogens with zero attached hydrogens (tertiary/aromatic N) is 7. The standard InChI is InChI=1S/C15H18N8O3/c1-19-7-9(6-16-19)23-5-4-22(8-10(23)24)14-17-12-11(20(14)2)13(25)18-15(26)21(12)3/h6-7H,4-5,8H2,1-3H3,(H,18,25,26). The van der Waals surface area contributed by atoms with Crippen LogP contribution in [0.3, 0.4) is 0 Å². The summed E-state index contributed by atoms with van der Waals surface area (Å²) in [4.78, 5) is 46.7. The van der Waals surface area contributed by atoms with E-state index in [0.29, 0.717) is 30.2 Å². The van der Waals surface area contributed by atoms with Gasteiger partial charge >= 0.3 is 5.69 Å². The Morgan fingerprint density at radius 1 is 1.08 bits per heavy atom. The van der Waals surface area contributed by atoms with E-state index in [1.165, 1.54) is 4.57 Å². The molecule has 11 heteroatoms. The van der Waals surface area contributed by atoms with Crippen LogP contribution in [-0.4, -0.2) is 54.4 Å². The van der Waals surface area contributed by atoms with E-state index >= 15 is 0 Å². The number of imidazole rings is 1. The van der Waals surface area contributed by atoms with Crippen molar-refractivity contribution in [3.8, 4) is 0 Å². The van der Waals surface area contributed by atoms with Crippen molar-refractivity contribution >= 4 is 28.7 Å². The molecule has 1 N–H and O–H groups in total. The summed E-state index contributed by atoms with van der Waals surface area (Å²) in [5.74, 6) is 0.394. The maximum absolute atomic E-state index is 12.6. The van der Waals surface area contributed by atoms with Crippen molar-refractivity contribution in [1.82, 2.24) is 28.9 Å². The Bertz CT molecular complexity index is 1130. The third-order valence-corrected chi connectivity index (χ3v) is 4.62. The predicted molar refractivity (Wildman–Crippen MR) is 94.3 cm³/mol. The minimum Gasteiger partial charge on any atom is -0.331 e. The number of rotatable bonds is 2. The molecule has 1 aliphatic heterocycles. The summed E-state index contributed by atoms with van der Waals surface area (Å²) in [6, 6.07) is 0. The molecule has 11 nitrogen and oxygen atoms in total. The molecule has 0 spiro atoms. The van der Waals surface area contributed by atoms with Crippen LogP contribution in [0.15, 0.2) is 22.0 Å². The van der Waals surface area contributed by atoms with E-state index in [-0.39, 0.29) is 12.5 Å². The van der Waals surface area contributed by atoms with Crippen molar-refractivity contribution in [2.24, 2.45) is 21.1 Å². The molecule has 0 radical (unpaired) electrons. The second-order valence-corrected chi connectivity index (χ2v) is 6.30. The Morgan fingerprint density at radius 3 is 2.50 bits per heavy atom.